The monoisotopic (exact) mass is 358 g/mol. The van der Waals surface area contributed by atoms with Crippen molar-refractivity contribution in [2.75, 3.05) is 0 Å². The van der Waals surface area contributed by atoms with Crippen LogP contribution in [0.3, 0.4) is 0 Å². The Morgan fingerprint density at radius 1 is 0.760 bits per heavy atom. The van der Waals surface area contributed by atoms with Crippen LogP contribution in [0.15, 0.2) is 50.1 Å². The van der Waals surface area contributed by atoms with Crippen LogP contribution < -0.4 is 0 Å². The second kappa shape index (κ2) is 17.2. The van der Waals surface area contributed by atoms with Crippen molar-refractivity contribution < 1.29 is 39.6 Å². The number of hydrogen-bond donors (Lipinski definition) is 4. The summed E-state index contributed by atoms with van der Waals surface area (Å²) in [5, 5.41) is 31.3. The zero-order valence-electron chi connectivity index (χ0n) is 14.7. The summed E-state index contributed by atoms with van der Waals surface area (Å²) in [4.78, 5) is 38.0. The highest BCUT2D eigenvalue weighted by molar-refractivity contribution is 5.85. The summed E-state index contributed by atoms with van der Waals surface area (Å²) in [7, 11) is 0. The van der Waals surface area contributed by atoms with Crippen LogP contribution in [0.1, 0.15) is 27.2 Å². The zero-order valence-corrected chi connectivity index (χ0v) is 14.7. The first-order valence-electron chi connectivity index (χ1n) is 6.61. The average molecular weight is 358 g/mol. The van der Waals surface area contributed by atoms with Crippen LogP contribution in [-0.4, -0.2) is 44.3 Å². The van der Waals surface area contributed by atoms with Gasteiger partial charge in [-0.25, -0.2) is 19.2 Å². The summed E-state index contributed by atoms with van der Waals surface area (Å²) in [5.41, 5.74) is 0.308. The molecule has 8 heteroatoms. The fourth-order valence-electron chi connectivity index (χ4n) is 0.716. The predicted molar refractivity (Wildman–Crippen MR) is 94.3 cm³/mol. The second-order valence-electron chi connectivity index (χ2n) is 5.27. The molecule has 0 amide bonds. The Morgan fingerprint density at radius 2 is 0.960 bits per heavy atom. The lowest BCUT2D eigenvalue weighted by Gasteiger charge is -2.17. The summed E-state index contributed by atoms with van der Waals surface area (Å²) >= 11 is 0. The van der Waals surface area contributed by atoms with Crippen LogP contribution in [0, 0.1) is 5.41 Å². The molecule has 0 aromatic rings. The summed E-state index contributed by atoms with van der Waals surface area (Å²) in [6, 6.07) is 0. The minimum atomic E-state index is -0.981. The van der Waals surface area contributed by atoms with E-state index in [1.54, 1.807) is 0 Å². The molecule has 0 aromatic heterocycles. The highest BCUT2D eigenvalue weighted by Gasteiger charge is 2.15. The average Bonchev–Trinajstić information content (AvgIpc) is 2.47. The smallest absolute Gasteiger partial charge is 0.330 e. The van der Waals surface area contributed by atoms with E-state index in [0.717, 1.165) is 18.2 Å². The Kier molecular flexibility index (Phi) is 20.5. The maximum absolute atomic E-state index is 10.3. The van der Waals surface area contributed by atoms with Crippen LogP contribution >= 0.6 is 0 Å². The number of aliphatic carboxylic acids is 4. The minimum absolute atomic E-state index is 0.0233. The number of carboxylic acid groups (broad SMARTS) is 4. The van der Waals surface area contributed by atoms with Crippen LogP contribution in [-0.2, 0) is 19.2 Å². The lowest BCUT2D eigenvalue weighted by molar-refractivity contribution is -0.133. The highest BCUT2D eigenvalue weighted by Crippen LogP contribution is 2.22. The molecular weight excluding hydrogens is 332 g/mol. The Bertz CT molecular complexity index is 452. The van der Waals surface area contributed by atoms with Gasteiger partial charge in [0, 0.05) is 23.8 Å². The number of rotatable bonds is 5. The van der Waals surface area contributed by atoms with Crippen molar-refractivity contribution in [2.24, 2.45) is 5.41 Å². The summed E-state index contributed by atoms with van der Waals surface area (Å²) < 4.78 is 0. The van der Waals surface area contributed by atoms with Gasteiger partial charge in [0.25, 0.3) is 0 Å². The third-order valence-corrected chi connectivity index (χ3v) is 1.57. The van der Waals surface area contributed by atoms with Gasteiger partial charge in [-0.1, -0.05) is 47.1 Å². The van der Waals surface area contributed by atoms with Crippen molar-refractivity contribution in [3.63, 3.8) is 0 Å². The first-order chi connectivity index (χ1) is 11.1. The predicted octanol–water partition coefficient (Wildman–Crippen LogP) is 2.83. The van der Waals surface area contributed by atoms with Gasteiger partial charge in [-0.2, -0.15) is 0 Å². The van der Waals surface area contributed by atoms with Crippen molar-refractivity contribution in [1.29, 1.82) is 0 Å². The molecule has 4 N–H and O–H groups in total. The van der Waals surface area contributed by atoms with E-state index in [-0.39, 0.29) is 11.0 Å². The van der Waals surface area contributed by atoms with Crippen molar-refractivity contribution in [1.82, 2.24) is 0 Å². The van der Waals surface area contributed by atoms with E-state index in [0.29, 0.717) is 6.42 Å². The molecule has 0 saturated carbocycles. The molecule has 0 saturated heterocycles. The normalized spacial score (nSPS) is 8.28. The van der Waals surface area contributed by atoms with Gasteiger partial charge in [-0.05, 0) is 11.8 Å². The number of carbonyl (C=O) groups is 4. The molecule has 0 fully saturated rings. The summed E-state index contributed by atoms with van der Waals surface area (Å²) in [6.07, 6.45) is 3.04. The van der Waals surface area contributed by atoms with Gasteiger partial charge < -0.3 is 20.4 Å². The van der Waals surface area contributed by atoms with Gasteiger partial charge >= 0.3 is 23.9 Å². The third-order valence-electron chi connectivity index (χ3n) is 1.57. The Hall–Kier alpha value is -3.16. The van der Waals surface area contributed by atoms with Gasteiger partial charge in [0.15, 0.2) is 0 Å². The quantitative estimate of drug-likeness (QED) is 0.548. The molecule has 142 valence electrons. The molecule has 0 spiro atoms. The largest absolute Gasteiger partial charge is 0.478 e. The maximum atomic E-state index is 10.3. The molecule has 0 aliphatic heterocycles. The topological polar surface area (TPSA) is 149 Å². The van der Waals surface area contributed by atoms with E-state index in [4.69, 9.17) is 20.4 Å². The number of carboxylic acids is 4. The molecule has 0 atom stereocenters. The molecule has 0 aliphatic carbocycles. The molecule has 0 radical (unpaired) electrons. The van der Waals surface area contributed by atoms with E-state index < -0.39 is 23.9 Å². The second-order valence-corrected chi connectivity index (χ2v) is 5.27. The maximum Gasteiger partial charge on any atom is 0.330 e. The highest BCUT2D eigenvalue weighted by atomic mass is 16.4. The van der Waals surface area contributed by atoms with E-state index in [9.17, 15) is 19.2 Å². The van der Waals surface area contributed by atoms with E-state index >= 15 is 0 Å². The SMILES string of the molecule is C=C(CC(C)(C)C)C(=O)O.C=CC(=O)O.C=CC(=O)O.C=CC(=O)O. The van der Waals surface area contributed by atoms with Crippen molar-refractivity contribution in [3.05, 3.63) is 50.1 Å². The van der Waals surface area contributed by atoms with Crippen LogP contribution in [0.4, 0.5) is 0 Å². The summed E-state index contributed by atoms with van der Waals surface area (Å²) in [5.74, 6) is -3.84. The third kappa shape index (κ3) is 52.8. The molecule has 8 nitrogen and oxygen atoms in total. The van der Waals surface area contributed by atoms with Gasteiger partial charge in [0.1, 0.15) is 0 Å². The Morgan fingerprint density at radius 3 is 1.00 bits per heavy atom. The zero-order chi connectivity index (χ0) is 21.2. The van der Waals surface area contributed by atoms with Crippen molar-refractivity contribution >= 4 is 23.9 Å². The molecule has 0 aliphatic rings. The number of hydrogen-bond acceptors (Lipinski definition) is 4. The van der Waals surface area contributed by atoms with Crippen LogP contribution in [0.2, 0.25) is 0 Å². The van der Waals surface area contributed by atoms with Gasteiger partial charge in [0.05, 0.1) is 0 Å². The van der Waals surface area contributed by atoms with Gasteiger partial charge in [-0.15, -0.1) is 0 Å². The van der Waals surface area contributed by atoms with Gasteiger partial charge in [0.2, 0.25) is 0 Å². The van der Waals surface area contributed by atoms with Crippen LogP contribution in [0.25, 0.3) is 0 Å². The first kappa shape index (κ1) is 29.8. The van der Waals surface area contributed by atoms with E-state index in [1.165, 1.54) is 0 Å². The molecule has 0 unspecified atom stereocenters. The molecule has 0 aromatic carbocycles. The summed E-state index contributed by atoms with van der Waals surface area (Å²) in [6.45, 7) is 18.3. The fraction of sp³-hybridized carbons (Fsp3) is 0.294. The van der Waals surface area contributed by atoms with Crippen LogP contribution in [0.5, 0.6) is 0 Å². The standard InChI is InChI=1S/C8H14O2.3C3H4O2/c1-6(7(9)10)5-8(2,3)4;3*1-2-3(4)5/h1,5H2,2-4H3,(H,9,10);3*2H,1H2,(H,4,5). The minimum Gasteiger partial charge on any atom is -0.478 e. The fourth-order valence-corrected chi connectivity index (χ4v) is 0.716. The molecule has 0 rings (SSSR count). The lowest BCUT2D eigenvalue weighted by Crippen LogP contribution is -2.10. The molecular formula is C17H26O8. The lowest BCUT2D eigenvalue weighted by atomic mass is 9.88. The molecule has 25 heavy (non-hydrogen) atoms. The Labute approximate surface area is 147 Å². The van der Waals surface area contributed by atoms with E-state index in [2.05, 4.69) is 26.3 Å². The van der Waals surface area contributed by atoms with Crippen molar-refractivity contribution in [2.45, 2.75) is 27.2 Å². The van der Waals surface area contributed by atoms with Gasteiger partial charge in [-0.3, -0.25) is 0 Å². The first-order valence-corrected chi connectivity index (χ1v) is 6.61. The van der Waals surface area contributed by atoms with Crippen molar-refractivity contribution in [3.8, 4) is 0 Å². The van der Waals surface area contributed by atoms with E-state index in [1.807, 2.05) is 20.8 Å². The Balaban J connectivity index is -0.000000126. The molecule has 0 bridgehead atoms. The molecule has 0 heterocycles.